The Hall–Kier alpha value is -0.540. The molecule has 1 aromatic rings. The maximum atomic E-state index is 12.0. The standard InChI is InChI=1S/C12H18ClNOS/c1-10(2)14(7-4-6-13)12(15)9-11-5-3-8-16-11/h3,5,8,10H,4,6-7,9H2,1-2H3. The monoisotopic (exact) mass is 259 g/mol. The van der Waals surface area contributed by atoms with Crippen molar-refractivity contribution in [3.05, 3.63) is 22.4 Å². The Morgan fingerprint density at radius 2 is 2.31 bits per heavy atom. The summed E-state index contributed by atoms with van der Waals surface area (Å²) in [5.41, 5.74) is 0. The van der Waals surface area contributed by atoms with E-state index in [1.807, 2.05) is 36.3 Å². The molecule has 2 nitrogen and oxygen atoms in total. The lowest BCUT2D eigenvalue weighted by Crippen LogP contribution is -2.38. The fraction of sp³-hybridized carbons (Fsp3) is 0.583. The highest BCUT2D eigenvalue weighted by Gasteiger charge is 2.16. The lowest BCUT2D eigenvalue weighted by molar-refractivity contribution is -0.132. The van der Waals surface area contributed by atoms with E-state index in [9.17, 15) is 4.79 Å². The summed E-state index contributed by atoms with van der Waals surface area (Å²) in [6.07, 6.45) is 1.37. The molecule has 0 unspecified atom stereocenters. The molecule has 0 aliphatic rings. The van der Waals surface area contributed by atoms with Crippen LogP contribution in [0.3, 0.4) is 0 Å². The molecule has 1 aromatic heterocycles. The van der Waals surface area contributed by atoms with Gasteiger partial charge >= 0.3 is 0 Å². The molecule has 0 atom stereocenters. The Morgan fingerprint density at radius 1 is 1.56 bits per heavy atom. The smallest absolute Gasteiger partial charge is 0.228 e. The molecular formula is C12H18ClNOS. The first-order valence-corrected chi connectivity index (χ1v) is 6.94. The van der Waals surface area contributed by atoms with Crippen LogP contribution in [0.5, 0.6) is 0 Å². The third kappa shape index (κ3) is 4.14. The van der Waals surface area contributed by atoms with Gasteiger partial charge in [0, 0.05) is 23.3 Å². The lowest BCUT2D eigenvalue weighted by atomic mass is 10.2. The summed E-state index contributed by atoms with van der Waals surface area (Å²) in [6.45, 7) is 4.84. The van der Waals surface area contributed by atoms with Gasteiger partial charge in [-0.2, -0.15) is 0 Å². The number of rotatable bonds is 6. The summed E-state index contributed by atoms with van der Waals surface area (Å²) >= 11 is 7.29. The minimum absolute atomic E-state index is 0.197. The van der Waals surface area contributed by atoms with E-state index in [-0.39, 0.29) is 11.9 Å². The van der Waals surface area contributed by atoms with E-state index >= 15 is 0 Å². The highest BCUT2D eigenvalue weighted by molar-refractivity contribution is 7.10. The predicted octanol–water partition coefficient (Wildman–Crippen LogP) is 3.16. The van der Waals surface area contributed by atoms with Crippen molar-refractivity contribution in [2.24, 2.45) is 0 Å². The van der Waals surface area contributed by atoms with Crippen LogP contribution in [0.4, 0.5) is 0 Å². The van der Waals surface area contributed by atoms with Gasteiger partial charge in [-0.25, -0.2) is 0 Å². The van der Waals surface area contributed by atoms with Crippen molar-refractivity contribution in [3.63, 3.8) is 0 Å². The molecule has 16 heavy (non-hydrogen) atoms. The fourth-order valence-electron chi connectivity index (χ4n) is 1.56. The first-order chi connectivity index (χ1) is 7.65. The third-order valence-corrected chi connectivity index (χ3v) is 3.53. The van der Waals surface area contributed by atoms with Crippen molar-refractivity contribution in [1.29, 1.82) is 0 Å². The normalized spacial score (nSPS) is 10.8. The number of hydrogen-bond acceptors (Lipinski definition) is 2. The van der Waals surface area contributed by atoms with Gasteiger partial charge in [0.1, 0.15) is 0 Å². The second-order valence-corrected chi connectivity index (χ2v) is 5.39. The van der Waals surface area contributed by atoms with Crippen LogP contribution >= 0.6 is 22.9 Å². The summed E-state index contributed by atoms with van der Waals surface area (Å²) in [5.74, 6) is 0.803. The molecule has 0 radical (unpaired) electrons. The van der Waals surface area contributed by atoms with Crippen molar-refractivity contribution in [1.82, 2.24) is 4.90 Å². The molecule has 0 saturated heterocycles. The van der Waals surface area contributed by atoms with E-state index in [0.29, 0.717) is 12.3 Å². The molecular weight excluding hydrogens is 242 g/mol. The maximum absolute atomic E-state index is 12.0. The van der Waals surface area contributed by atoms with Crippen LogP contribution in [-0.2, 0) is 11.2 Å². The number of thiophene rings is 1. The zero-order chi connectivity index (χ0) is 12.0. The lowest BCUT2D eigenvalue weighted by Gasteiger charge is -2.26. The summed E-state index contributed by atoms with van der Waals surface area (Å²) < 4.78 is 0. The van der Waals surface area contributed by atoms with E-state index in [0.717, 1.165) is 17.8 Å². The van der Waals surface area contributed by atoms with Gasteiger partial charge in [0.2, 0.25) is 5.91 Å². The van der Waals surface area contributed by atoms with E-state index in [1.54, 1.807) is 11.3 Å². The minimum atomic E-state index is 0.197. The van der Waals surface area contributed by atoms with Gasteiger partial charge in [0.05, 0.1) is 6.42 Å². The second-order valence-electron chi connectivity index (χ2n) is 3.98. The second kappa shape index (κ2) is 6.92. The number of halogens is 1. The third-order valence-electron chi connectivity index (χ3n) is 2.38. The van der Waals surface area contributed by atoms with E-state index in [1.165, 1.54) is 0 Å². The molecule has 1 rings (SSSR count). The van der Waals surface area contributed by atoms with Gasteiger partial charge in [-0.3, -0.25) is 4.79 Å². The van der Waals surface area contributed by atoms with Crippen molar-refractivity contribution >= 4 is 28.8 Å². The molecule has 0 aromatic carbocycles. The van der Waals surface area contributed by atoms with Gasteiger partial charge in [-0.05, 0) is 31.7 Å². The van der Waals surface area contributed by atoms with Crippen LogP contribution in [0.1, 0.15) is 25.1 Å². The SMILES string of the molecule is CC(C)N(CCCCl)C(=O)Cc1cccs1. The summed E-state index contributed by atoms with van der Waals surface area (Å²) in [7, 11) is 0. The Bertz CT molecular complexity index is 311. The van der Waals surface area contributed by atoms with Crippen LogP contribution in [-0.4, -0.2) is 29.3 Å². The average Bonchev–Trinajstić information content (AvgIpc) is 2.70. The molecule has 0 saturated carbocycles. The molecule has 0 aliphatic heterocycles. The maximum Gasteiger partial charge on any atom is 0.228 e. The zero-order valence-corrected chi connectivity index (χ0v) is 11.4. The molecule has 4 heteroatoms. The van der Waals surface area contributed by atoms with Gasteiger partial charge in [0.25, 0.3) is 0 Å². The molecule has 90 valence electrons. The molecule has 0 N–H and O–H groups in total. The van der Waals surface area contributed by atoms with Gasteiger partial charge in [-0.15, -0.1) is 22.9 Å². The quantitative estimate of drug-likeness (QED) is 0.719. The van der Waals surface area contributed by atoms with Crippen molar-refractivity contribution in [2.45, 2.75) is 32.7 Å². The van der Waals surface area contributed by atoms with Crippen molar-refractivity contribution in [2.75, 3.05) is 12.4 Å². The predicted molar refractivity (Wildman–Crippen MR) is 70.2 cm³/mol. The number of nitrogens with zero attached hydrogens (tertiary/aromatic N) is 1. The average molecular weight is 260 g/mol. The number of hydrogen-bond donors (Lipinski definition) is 0. The van der Waals surface area contributed by atoms with Crippen molar-refractivity contribution < 1.29 is 4.79 Å². The van der Waals surface area contributed by atoms with E-state index in [2.05, 4.69) is 0 Å². The minimum Gasteiger partial charge on any atom is -0.340 e. The summed E-state index contributed by atoms with van der Waals surface area (Å²) in [6, 6.07) is 4.23. The van der Waals surface area contributed by atoms with Crippen molar-refractivity contribution in [3.8, 4) is 0 Å². The van der Waals surface area contributed by atoms with Gasteiger partial charge in [0.15, 0.2) is 0 Å². The Balaban J connectivity index is 2.53. The highest BCUT2D eigenvalue weighted by atomic mass is 35.5. The Morgan fingerprint density at radius 3 is 2.81 bits per heavy atom. The fourth-order valence-corrected chi connectivity index (χ4v) is 2.38. The van der Waals surface area contributed by atoms with Crippen LogP contribution in [0.25, 0.3) is 0 Å². The Kier molecular flexibility index (Phi) is 5.85. The highest BCUT2D eigenvalue weighted by Crippen LogP contribution is 2.12. The molecule has 0 bridgehead atoms. The topological polar surface area (TPSA) is 20.3 Å². The number of carbonyl (C=O) groups is 1. The van der Waals surface area contributed by atoms with Gasteiger partial charge < -0.3 is 4.90 Å². The number of alkyl halides is 1. The van der Waals surface area contributed by atoms with E-state index < -0.39 is 0 Å². The largest absolute Gasteiger partial charge is 0.340 e. The first kappa shape index (κ1) is 13.5. The molecule has 0 spiro atoms. The van der Waals surface area contributed by atoms with Crippen LogP contribution in [0.15, 0.2) is 17.5 Å². The molecule has 1 heterocycles. The van der Waals surface area contributed by atoms with Crippen LogP contribution in [0.2, 0.25) is 0 Å². The number of carbonyl (C=O) groups excluding carboxylic acids is 1. The van der Waals surface area contributed by atoms with Crippen LogP contribution < -0.4 is 0 Å². The zero-order valence-electron chi connectivity index (χ0n) is 9.78. The molecule has 1 amide bonds. The summed E-state index contributed by atoms with van der Waals surface area (Å²) in [4.78, 5) is 15.1. The van der Waals surface area contributed by atoms with Crippen LogP contribution in [0, 0.1) is 0 Å². The van der Waals surface area contributed by atoms with Gasteiger partial charge in [-0.1, -0.05) is 6.07 Å². The van der Waals surface area contributed by atoms with E-state index in [4.69, 9.17) is 11.6 Å². The molecule has 0 fully saturated rings. The number of amides is 1. The summed E-state index contributed by atoms with van der Waals surface area (Å²) in [5, 5.41) is 2.00. The first-order valence-electron chi connectivity index (χ1n) is 5.53. The Labute approximate surface area is 106 Å². The molecule has 0 aliphatic carbocycles.